The van der Waals surface area contributed by atoms with Crippen LogP contribution in [0.1, 0.15) is 70.8 Å². The van der Waals surface area contributed by atoms with Crippen molar-refractivity contribution in [2.24, 2.45) is 5.73 Å². The Morgan fingerprint density at radius 2 is 1.35 bits per heavy atom. The zero-order valence-electron chi connectivity index (χ0n) is 18.9. The Kier molecular flexibility index (Phi) is 16.1. The number of amides is 3. The molecule has 9 heteroatoms. The van der Waals surface area contributed by atoms with Gasteiger partial charge in [0, 0.05) is 11.4 Å². The molecule has 0 aromatic heterocycles. The molecule has 1 aromatic rings. The minimum Gasteiger partial charge on any atom is -0.465 e. The fraction of sp³-hybridized carbons (Fsp3) is 0.591. The first-order valence-corrected chi connectivity index (χ1v) is 10.8. The number of nitrogens with one attached hydrogen (secondary N) is 2. The van der Waals surface area contributed by atoms with Gasteiger partial charge in [-0.05, 0) is 37.5 Å². The lowest BCUT2D eigenvalue weighted by atomic mass is 10.2. The molecule has 0 unspecified atom stereocenters. The van der Waals surface area contributed by atoms with E-state index >= 15 is 0 Å². The van der Waals surface area contributed by atoms with Crippen LogP contribution in [0.15, 0.2) is 18.2 Å². The molecule has 0 heterocycles. The summed E-state index contributed by atoms with van der Waals surface area (Å²) >= 11 is 0. The third kappa shape index (κ3) is 16.5. The fourth-order valence-corrected chi connectivity index (χ4v) is 2.52. The number of nitrogens with two attached hydrogens (primary N) is 1. The van der Waals surface area contributed by atoms with E-state index in [2.05, 4.69) is 30.2 Å². The van der Waals surface area contributed by atoms with Gasteiger partial charge in [-0.25, -0.2) is 14.4 Å². The Morgan fingerprint density at radius 3 is 1.84 bits per heavy atom. The molecule has 9 nitrogen and oxygen atoms in total. The van der Waals surface area contributed by atoms with Crippen LogP contribution in [0.25, 0.3) is 0 Å². The van der Waals surface area contributed by atoms with Crippen LogP contribution in [0.4, 0.5) is 25.8 Å². The van der Waals surface area contributed by atoms with Gasteiger partial charge in [0.05, 0.1) is 13.2 Å². The van der Waals surface area contributed by atoms with Gasteiger partial charge >= 0.3 is 18.3 Å². The van der Waals surface area contributed by atoms with Gasteiger partial charge in [-0.2, -0.15) is 0 Å². The zero-order valence-corrected chi connectivity index (χ0v) is 18.9. The first-order valence-electron chi connectivity index (χ1n) is 10.8. The van der Waals surface area contributed by atoms with E-state index < -0.39 is 18.3 Å². The van der Waals surface area contributed by atoms with Crippen LogP contribution in [0, 0.1) is 6.92 Å². The van der Waals surface area contributed by atoms with E-state index in [4.69, 9.17) is 19.4 Å². The summed E-state index contributed by atoms with van der Waals surface area (Å²) in [4.78, 5) is 32.5. The highest BCUT2D eigenvalue weighted by Gasteiger charge is 2.09. The highest BCUT2D eigenvalue weighted by atomic mass is 16.6. The number of benzene rings is 1. The van der Waals surface area contributed by atoms with Gasteiger partial charge in [-0.15, -0.1) is 0 Å². The Hall–Kier alpha value is -2.97. The van der Waals surface area contributed by atoms with Crippen LogP contribution in [0.2, 0.25) is 0 Å². The zero-order chi connectivity index (χ0) is 23.5. The summed E-state index contributed by atoms with van der Waals surface area (Å²) in [5.41, 5.74) is 6.09. The van der Waals surface area contributed by atoms with Crippen molar-refractivity contribution < 1.29 is 29.0 Å². The number of carboxylic acid groups (broad SMARTS) is 1. The van der Waals surface area contributed by atoms with Crippen molar-refractivity contribution in [3.05, 3.63) is 23.8 Å². The van der Waals surface area contributed by atoms with Crippen LogP contribution in [0.3, 0.4) is 0 Å². The van der Waals surface area contributed by atoms with Crippen LogP contribution in [-0.2, 0) is 9.47 Å². The van der Waals surface area contributed by atoms with Crippen LogP contribution < -0.4 is 16.4 Å². The number of ether oxygens (including phenoxy) is 2. The number of anilines is 2. The summed E-state index contributed by atoms with van der Waals surface area (Å²) in [6.07, 6.45) is 6.13. The predicted molar refractivity (Wildman–Crippen MR) is 122 cm³/mol. The Balaban J connectivity index is 0.00000206. The maximum Gasteiger partial charge on any atom is 0.411 e. The molecule has 0 bridgehead atoms. The summed E-state index contributed by atoms with van der Waals surface area (Å²) in [6.45, 7) is 6.98. The van der Waals surface area contributed by atoms with E-state index in [0.29, 0.717) is 24.6 Å². The molecule has 0 aliphatic heterocycles. The molecule has 31 heavy (non-hydrogen) atoms. The standard InChI is InChI=1S/C21H34N2O4.CH3NO2/c1-4-6-8-10-14-26-20(24)22-18-13-12-17(3)19(16-18)23-21(25)27-15-11-9-7-5-2;2-1(3)4/h12-13,16H,4-11,14-15H2,1-3H3,(H,22,24)(H,23,25);2H2,(H,3,4). The molecule has 0 aliphatic rings. The molecule has 0 atom stereocenters. The SMILES string of the molecule is CCCCCCOC(=O)Nc1ccc(C)c(NC(=O)OCCCCCC)c1.NC(=O)O. The van der Waals surface area contributed by atoms with Gasteiger partial charge in [0.2, 0.25) is 0 Å². The number of unbranched alkanes of at least 4 members (excludes halogenated alkanes) is 6. The normalized spacial score (nSPS) is 9.77. The van der Waals surface area contributed by atoms with E-state index in [1.54, 1.807) is 12.1 Å². The second-order valence-electron chi connectivity index (χ2n) is 7.01. The summed E-state index contributed by atoms with van der Waals surface area (Å²) in [5.74, 6) is 0. The highest BCUT2D eigenvalue weighted by molar-refractivity contribution is 5.89. The maximum absolute atomic E-state index is 11.9. The molecular formula is C22H37N3O6. The summed E-state index contributed by atoms with van der Waals surface area (Å²) in [5, 5.41) is 12.6. The molecule has 5 N–H and O–H groups in total. The van der Waals surface area contributed by atoms with Crippen molar-refractivity contribution in [1.29, 1.82) is 0 Å². The predicted octanol–water partition coefficient (Wildman–Crippen LogP) is 5.88. The third-order valence-corrected chi connectivity index (χ3v) is 4.18. The van der Waals surface area contributed by atoms with E-state index in [1.165, 1.54) is 0 Å². The monoisotopic (exact) mass is 439 g/mol. The summed E-state index contributed by atoms with van der Waals surface area (Å²) in [7, 11) is 0. The van der Waals surface area contributed by atoms with E-state index in [-0.39, 0.29) is 0 Å². The van der Waals surface area contributed by atoms with Crippen LogP contribution in [-0.4, -0.2) is 36.6 Å². The topological polar surface area (TPSA) is 140 Å². The molecule has 0 spiro atoms. The maximum atomic E-state index is 11.9. The average Bonchev–Trinajstić information content (AvgIpc) is 2.70. The number of carbonyl (C=O) groups excluding carboxylic acids is 2. The van der Waals surface area contributed by atoms with Crippen LogP contribution in [0.5, 0.6) is 0 Å². The number of aryl methyl sites for hydroxylation is 1. The molecule has 176 valence electrons. The van der Waals surface area contributed by atoms with Crippen LogP contribution >= 0.6 is 0 Å². The Morgan fingerprint density at radius 1 is 0.871 bits per heavy atom. The lowest BCUT2D eigenvalue weighted by Crippen LogP contribution is -2.17. The van der Waals surface area contributed by atoms with Crippen molar-refractivity contribution >= 4 is 29.7 Å². The van der Waals surface area contributed by atoms with E-state index in [9.17, 15) is 9.59 Å². The van der Waals surface area contributed by atoms with Crippen molar-refractivity contribution in [3.63, 3.8) is 0 Å². The number of hydrogen-bond donors (Lipinski definition) is 4. The average molecular weight is 440 g/mol. The molecule has 0 fully saturated rings. The number of hydrogen-bond acceptors (Lipinski definition) is 5. The van der Waals surface area contributed by atoms with Gasteiger partial charge in [0.1, 0.15) is 0 Å². The number of carbonyl (C=O) groups is 3. The molecule has 3 amide bonds. The van der Waals surface area contributed by atoms with Crippen molar-refractivity contribution in [2.75, 3.05) is 23.8 Å². The van der Waals surface area contributed by atoms with Gasteiger partial charge in [0.15, 0.2) is 0 Å². The third-order valence-electron chi connectivity index (χ3n) is 4.18. The highest BCUT2D eigenvalue weighted by Crippen LogP contribution is 2.21. The van der Waals surface area contributed by atoms with Gasteiger partial charge in [-0.3, -0.25) is 10.6 Å². The number of rotatable bonds is 12. The first-order chi connectivity index (χ1) is 14.8. The van der Waals surface area contributed by atoms with E-state index in [1.807, 2.05) is 13.0 Å². The van der Waals surface area contributed by atoms with Gasteiger partial charge in [-0.1, -0.05) is 58.4 Å². The lowest BCUT2D eigenvalue weighted by Gasteiger charge is -2.12. The van der Waals surface area contributed by atoms with Gasteiger partial charge < -0.3 is 20.3 Å². The summed E-state index contributed by atoms with van der Waals surface area (Å²) < 4.78 is 10.4. The quantitative estimate of drug-likeness (QED) is 0.300. The Labute approximate surface area is 184 Å². The van der Waals surface area contributed by atoms with E-state index in [0.717, 1.165) is 56.9 Å². The molecular weight excluding hydrogens is 402 g/mol. The van der Waals surface area contributed by atoms with Gasteiger partial charge in [0.25, 0.3) is 0 Å². The number of primary amides is 1. The summed E-state index contributed by atoms with van der Waals surface area (Å²) in [6, 6.07) is 5.30. The molecule has 0 radical (unpaired) electrons. The Bertz CT molecular complexity index is 663. The fourth-order valence-electron chi connectivity index (χ4n) is 2.52. The molecule has 0 aliphatic carbocycles. The first kappa shape index (κ1) is 28.0. The molecule has 0 saturated carbocycles. The minimum atomic E-state index is -1.33. The molecule has 1 rings (SSSR count). The largest absolute Gasteiger partial charge is 0.465 e. The minimum absolute atomic E-state index is 0.410. The molecule has 0 saturated heterocycles. The molecule has 1 aromatic carbocycles. The lowest BCUT2D eigenvalue weighted by molar-refractivity contribution is 0.158. The second-order valence-corrected chi connectivity index (χ2v) is 7.01. The second kappa shape index (κ2) is 17.9. The van der Waals surface area contributed by atoms with Crippen molar-refractivity contribution in [2.45, 2.75) is 72.1 Å². The van der Waals surface area contributed by atoms with Crippen molar-refractivity contribution in [1.82, 2.24) is 0 Å². The smallest absolute Gasteiger partial charge is 0.411 e. The van der Waals surface area contributed by atoms with Crippen molar-refractivity contribution in [3.8, 4) is 0 Å².